The molecule has 3 rings (SSSR count). The smallest absolute Gasteiger partial charge is 0.264 e. The predicted molar refractivity (Wildman–Crippen MR) is 123 cm³/mol. The summed E-state index contributed by atoms with van der Waals surface area (Å²) in [6.07, 6.45) is 1.92. The van der Waals surface area contributed by atoms with Crippen LogP contribution >= 0.6 is 11.8 Å². The number of anilines is 2. The van der Waals surface area contributed by atoms with Gasteiger partial charge in [-0.25, -0.2) is 8.42 Å². The Balaban J connectivity index is 1.79. The molecular weight excluding hydrogens is 434 g/mol. The lowest BCUT2D eigenvalue weighted by Crippen LogP contribution is -2.26. The average molecular weight is 456 g/mol. The molecule has 3 N–H and O–H groups in total. The summed E-state index contributed by atoms with van der Waals surface area (Å²) in [6.45, 7) is 0. The predicted octanol–water partition coefficient (Wildman–Crippen LogP) is 3.58. The molecule has 0 saturated carbocycles. The van der Waals surface area contributed by atoms with Crippen LogP contribution in [0.3, 0.4) is 0 Å². The highest BCUT2D eigenvalue weighted by atomic mass is 32.2. The number of carbonyl (C=O) groups is 2. The van der Waals surface area contributed by atoms with E-state index in [1.54, 1.807) is 54.6 Å². The molecule has 0 bridgehead atoms. The first kappa shape index (κ1) is 22.4. The van der Waals surface area contributed by atoms with Gasteiger partial charge in [0.2, 0.25) is 0 Å². The molecule has 0 radical (unpaired) electrons. The molecule has 31 heavy (non-hydrogen) atoms. The molecule has 0 aliphatic carbocycles. The van der Waals surface area contributed by atoms with Gasteiger partial charge in [0.25, 0.3) is 21.8 Å². The number of nitrogens with zero attached hydrogens (tertiary/aromatic N) is 1. The van der Waals surface area contributed by atoms with Gasteiger partial charge in [-0.15, -0.1) is 11.8 Å². The number of rotatable bonds is 7. The van der Waals surface area contributed by atoms with Gasteiger partial charge in [-0.2, -0.15) is 0 Å². The molecule has 3 aromatic rings. The van der Waals surface area contributed by atoms with E-state index in [1.165, 1.54) is 37.0 Å². The Morgan fingerprint density at radius 2 is 1.55 bits per heavy atom. The van der Waals surface area contributed by atoms with Gasteiger partial charge >= 0.3 is 0 Å². The standard InChI is InChI=1S/C22H21N3O4S2/c1-25(31(28,29)18-13-11-17(30-2)12-14-18)16-9-7-15(8-10-16)22(27)24-20-6-4-3-5-19(20)21(23)26/h3-14H,1-2H3,(H2,23,26)(H,24,27). The molecule has 0 unspecified atom stereocenters. The third-order valence-corrected chi connectivity index (χ3v) is 7.20. The Morgan fingerprint density at radius 1 is 0.935 bits per heavy atom. The molecule has 0 atom stereocenters. The topological polar surface area (TPSA) is 110 Å². The van der Waals surface area contributed by atoms with Crippen molar-refractivity contribution in [3.05, 3.63) is 83.9 Å². The molecule has 2 amide bonds. The summed E-state index contributed by atoms with van der Waals surface area (Å²) >= 11 is 1.53. The van der Waals surface area contributed by atoms with Crippen molar-refractivity contribution in [1.82, 2.24) is 0 Å². The van der Waals surface area contributed by atoms with E-state index in [1.807, 2.05) is 6.26 Å². The molecule has 9 heteroatoms. The molecule has 0 fully saturated rings. The van der Waals surface area contributed by atoms with Crippen LogP contribution in [0.5, 0.6) is 0 Å². The number of sulfonamides is 1. The number of primary amides is 1. The Kier molecular flexibility index (Phi) is 6.67. The zero-order chi connectivity index (χ0) is 22.6. The van der Waals surface area contributed by atoms with Crippen molar-refractivity contribution in [2.45, 2.75) is 9.79 Å². The zero-order valence-corrected chi connectivity index (χ0v) is 18.5. The van der Waals surface area contributed by atoms with E-state index in [9.17, 15) is 18.0 Å². The number of benzene rings is 3. The quantitative estimate of drug-likeness (QED) is 0.529. The van der Waals surface area contributed by atoms with E-state index in [0.29, 0.717) is 16.9 Å². The third-order valence-electron chi connectivity index (χ3n) is 4.65. The van der Waals surface area contributed by atoms with Gasteiger partial charge in [-0.3, -0.25) is 13.9 Å². The highest BCUT2D eigenvalue weighted by Gasteiger charge is 2.21. The zero-order valence-electron chi connectivity index (χ0n) is 16.9. The number of nitrogens with one attached hydrogen (secondary N) is 1. The highest BCUT2D eigenvalue weighted by molar-refractivity contribution is 7.98. The Labute approximate surface area is 185 Å². The van der Waals surface area contributed by atoms with Crippen LogP contribution in [0.15, 0.2) is 82.6 Å². The lowest BCUT2D eigenvalue weighted by Gasteiger charge is -2.20. The maximum Gasteiger partial charge on any atom is 0.264 e. The van der Waals surface area contributed by atoms with Crippen LogP contribution in [0.4, 0.5) is 11.4 Å². The number of nitrogens with two attached hydrogens (primary N) is 1. The normalized spacial score (nSPS) is 11.0. The maximum absolute atomic E-state index is 12.9. The second-order valence-electron chi connectivity index (χ2n) is 6.56. The molecular formula is C22H21N3O4S2. The minimum absolute atomic E-state index is 0.178. The van der Waals surface area contributed by atoms with E-state index in [0.717, 1.165) is 9.20 Å². The van der Waals surface area contributed by atoms with Crippen LogP contribution in [0, 0.1) is 0 Å². The minimum atomic E-state index is -3.74. The van der Waals surface area contributed by atoms with Gasteiger partial charge in [-0.1, -0.05) is 12.1 Å². The molecule has 0 aromatic heterocycles. The van der Waals surface area contributed by atoms with E-state index in [-0.39, 0.29) is 10.5 Å². The fourth-order valence-electron chi connectivity index (χ4n) is 2.87. The van der Waals surface area contributed by atoms with Crippen LogP contribution in [0.2, 0.25) is 0 Å². The number of hydrogen-bond acceptors (Lipinski definition) is 5. The summed E-state index contributed by atoms with van der Waals surface area (Å²) in [5.41, 5.74) is 6.55. The first-order chi connectivity index (χ1) is 14.7. The molecule has 0 spiro atoms. The Bertz CT molecular complexity index is 1210. The van der Waals surface area contributed by atoms with Gasteiger partial charge < -0.3 is 11.1 Å². The second kappa shape index (κ2) is 9.23. The van der Waals surface area contributed by atoms with Gasteiger partial charge in [0.15, 0.2) is 0 Å². The van der Waals surface area contributed by atoms with Gasteiger partial charge in [0.05, 0.1) is 21.8 Å². The van der Waals surface area contributed by atoms with Crippen LogP contribution in [-0.4, -0.2) is 33.5 Å². The monoisotopic (exact) mass is 455 g/mol. The summed E-state index contributed by atoms with van der Waals surface area (Å²) in [7, 11) is -2.29. The van der Waals surface area contributed by atoms with Crippen molar-refractivity contribution < 1.29 is 18.0 Å². The summed E-state index contributed by atoms with van der Waals surface area (Å²) in [4.78, 5) is 25.2. The molecule has 0 heterocycles. The van der Waals surface area contributed by atoms with Crippen LogP contribution < -0.4 is 15.4 Å². The fourth-order valence-corrected chi connectivity index (χ4v) is 4.47. The number of para-hydroxylation sites is 1. The minimum Gasteiger partial charge on any atom is -0.366 e. The Hall–Kier alpha value is -3.30. The Morgan fingerprint density at radius 3 is 2.13 bits per heavy atom. The summed E-state index contributed by atoms with van der Waals surface area (Å²) in [5.74, 6) is -1.10. The van der Waals surface area contributed by atoms with E-state index in [2.05, 4.69) is 5.32 Å². The molecule has 160 valence electrons. The van der Waals surface area contributed by atoms with Crippen LogP contribution in [0.25, 0.3) is 0 Å². The summed E-state index contributed by atoms with van der Waals surface area (Å²) in [5, 5.41) is 2.65. The number of thioether (sulfide) groups is 1. The third kappa shape index (κ3) is 4.89. The summed E-state index contributed by atoms with van der Waals surface area (Å²) in [6, 6.07) is 19.2. The summed E-state index contributed by atoms with van der Waals surface area (Å²) < 4.78 is 26.9. The van der Waals surface area contributed by atoms with Crippen molar-refractivity contribution >= 4 is 45.0 Å². The lowest BCUT2D eigenvalue weighted by atomic mass is 10.1. The first-order valence-electron chi connectivity index (χ1n) is 9.17. The lowest BCUT2D eigenvalue weighted by molar-refractivity contribution is 0.100. The first-order valence-corrected chi connectivity index (χ1v) is 11.8. The van der Waals surface area contributed by atoms with Crippen molar-refractivity contribution in [2.24, 2.45) is 5.73 Å². The fraction of sp³-hybridized carbons (Fsp3) is 0.0909. The second-order valence-corrected chi connectivity index (χ2v) is 9.41. The van der Waals surface area contributed by atoms with Crippen molar-refractivity contribution in [3.63, 3.8) is 0 Å². The highest BCUT2D eigenvalue weighted by Crippen LogP contribution is 2.25. The molecule has 0 aliphatic rings. The molecule has 7 nitrogen and oxygen atoms in total. The largest absolute Gasteiger partial charge is 0.366 e. The maximum atomic E-state index is 12.9. The van der Waals surface area contributed by atoms with Gasteiger partial charge in [0.1, 0.15) is 0 Å². The van der Waals surface area contributed by atoms with Crippen molar-refractivity contribution in [2.75, 3.05) is 22.9 Å². The van der Waals surface area contributed by atoms with E-state index < -0.39 is 21.8 Å². The van der Waals surface area contributed by atoms with Crippen molar-refractivity contribution in [3.8, 4) is 0 Å². The van der Waals surface area contributed by atoms with Crippen LogP contribution in [0.1, 0.15) is 20.7 Å². The van der Waals surface area contributed by atoms with E-state index in [4.69, 9.17) is 5.73 Å². The van der Waals surface area contributed by atoms with Gasteiger partial charge in [0, 0.05) is 17.5 Å². The SMILES string of the molecule is CSc1ccc(S(=O)(=O)N(C)c2ccc(C(=O)Nc3ccccc3C(N)=O)cc2)cc1. The number of hydrogen-bond donors (Lipinski definition) is 2. The van der Waals surface area contributed by atoms with E-state index >= 15 is 0 Å². The molecule has 0 aliphatic heterocycles. The van der Waals surface area contributed by atoms with Gasteiger partial charge in [-0.05, 0) is 66.9 Å². The van der Waals surface area contributed by atoms with Crippen LogP contribution in [-0.2, 0) is 10.0 Å². The number of amides is 2. The molecule has 3 aromatic carbocycles. The average Bonchev–Trinajstić information content (AvgIpc) is 2.78. The van der Waals surface area contributed by atoms with Crippen molar-refractivity contribution in [1.29, 1.82) is 0 Å². The molecule has 0 saturated heterocycles. The number of carbonyl (C=O) groups excluding carboxylic acids is 2.